The van der Waals surface area contributed by atoms with Crippen molar-refractivity contribution in [1.82, 2.24) is 5.32 Å². The Morgan fingerprint density at radius 1 is 1.16 bits per heavy atom. The summed E-state index contributed by atoms with van der Waals surface area (Å²) in [5.74, 6) is 0.958. The lowest BCUT2D eigenvalue weighted by atomic mass is 9.90. The summed E-state index contributed by atoms with van der Waals surface area (Å²) in [4.78, 5) is 0. The van der Waals surface area contributed by atoms with Crippen LogP contribution in [0.5, 0.6) is 5.75 Å². The molecule has 0 radical (unpaired) electrons. The first kappa shape index (κ1) is 12.2. The van der Waals surface area contributed by atoms with Crippen molar-refractivity contribution < 1.29 is 4.74 Å². The molecule has 0 aliphatic carbocycles. The molecular weight excluding hydrogens is 234 g/mol. The minimum absolute atomic E-state index is 0.414. The summed E-state index contributed by atoms with van der Waals surface area (Å²) in [6.07, 6.45) is 2.12. The molecule has 3 rings (SSSR count). The second-order valence-electron chi connectivity index (χ2n) is 5.01. The van der Waals surface area contributed by atoms with Gasteiger partial charge in [0.2, 0.25) is 0 Å². The van der Waals surface area contributed by atoms with Gasteiger partial charge in [0.15, 0.2) is 0 Å². The van der Waals surface area contributed by atoms with Crippen LogP contribution >= 0.6 is 0 Å². The van der Waals surface area contributed by atoms with Crippen LogP contribution in [0.4, 0.5) is 0 Å². The number of benzene rings is 2. The van der Waals surface area contributed by atoms with Crippen LogP contribution in [0.3, 0.4) is 0 Å². The van der Waals surface area contributed by atoms with Crippen LogP contribution in [0.2, 0.25) is 0 Å². The highest BCUT2D eigenvalue weighted by Gasteiger charge is 2.20. The Morgan fingerprint density at radius 3 is 2.79 bits per heavy atom. The van der Waals surface area contributed by atoms with Crippen molar-refractivity contribution >= 4 is 0 Å². The Balaban J connectivity index is 1.86. The van der Waals surface area contributed by atoms with Gasteiger partial charge in [-0.25, -0.2) is 0 Å². The highest BCUT2D eigenvalue weighted by Crippen LogP contribution is 2.28. The van der Waals surface area contributed by atoms with E-state index in [-0.39, 0.29) is 0 Å². The third kappa shape index (κ3) is 2.64. The first-order chi connectivity index (χ1) is 9.36. The summed E-state index contributed by atoms with van der Waals surface area (Å²) in [7, 11) is 1.73. The number of nitrogens with one attached hydrogen (secondary N) is 1. The molecule has 0 saturated heterocycles. The van der Waals surface area contributed by atoms with Gasteiger partial charge in [-0.2, -0.15) is 0 Å². The second kappa shape index (κ2) is 5.45. The Kier molecular flexibility index (Phi) is 3.51. The van der Waals surface area contributed by atoms with Crippen LogP contribution in [0.25, 0.3) is 0 Å². The third-order valence-corrected chi connectivity index (χ3v) is 3.79. The van der Waals surface area contributed by atoms with E-state index in [0.717, 1.165) is 25.1 Å². The van der Waals surface area contributed by atoms with E-state index in [2.05, 4.69) is 53.8 Å². The van der Waals surface area contributed by atoms with Gasteiger partial charge in [0.05, 0.1) is 7.11 Å². The molecule has 1 N–H and O–H groups in total. The Hall–Kier alpha value is -1.80. The molecule has 2 aromatic rings. The maximum atomic E-state index is 5.31. The molecule has 0 unspecified atom stereocenters. The summed E-state index contributed by atoms with van der Waals surface area (Å²) in [5.41, 5.74) is 4.21. The fraction of sp³-hybridized carbons (Fsp3) is 0.294. The topological polar surface area (TPSA) is 21.3 Å². The van der Waals surface area contributed by atoms with Gasteiger partial charge < -0.3 is 10.1 Å². The van der Waals surface area contributed by atoms with E-state index in [1.807, 2.05) is 0 Å². The zero-order valence-corrected chi connectivity index (χ0v) is 11.2. The molecule has 0 spiro atoms. The van der Waals surface area contributed by atoms with Gasteiger partial charge >= 0.3 is 0 Å². The lowest BCUT2D eigenvalue weighted by Crippen LogP contribution is -2.31. The number of hydrogen-bond acceptors (Lipinski definition) is 2. The Morgan fingerprint density at radius 2 is 2.00 bits per heavy atom. The largest absolute Gasteiger partial charge is 0.497 e. The summed E-state index contributed by atoms with van der Waals surface area (Å²) < 4.78 is 5.31. The first-order valence-corrected chi connectivity index (χ1v) is 6.81. The Bertz CT molecular complexity index is 550. The normalized spacial score (nSPS) is 17.8. The molecule has 0 fully saturated rings. The molecule has 1 aliphatic heterocycles. The molecule has 1 atom stereocenters. The van der Waals surface area contributed by atoms with E-state index >= 15 is 0 Å². The molecule has 2 heteroatoms. The SMILES string of the molecule is COc1ccc2c(c1)CCN[C@H]2Cc1ccccc1. The maximum Gasteiger partial charge on any atom is 0.119 e. The smallest absolute Gasteiger partial charge is 0.119 e. The van der Waals surface area contributed by atoms with Gasteiger partial charge in [0.25, 0.3) is 0 Å². The van der Waals surface area contributed by atoms with E-state index in [0.29, 0.717) is 6.04 Å². The zero-order valence-electron chi connectivity index (χ0n) is 11.2. The molecule has 0 bridgehead atoms. The second-order valence-corrected chi connectivity index (χ2v) is 5.01. The molecule has 19 heavy (non-hydrogen) atoms. The average molecular weight is 253 g/mol. The summed E-state index contributed by atoms with van der Waals surface area (Å²) in [5, 5.41) is 3.62. The number of rotatable bonds is 3. The van der Waals surface area contributed by atoms with Crippen molar-refractivity contribution in [3.8, 4) is 5.75 Å². The fourth-order valence-electron chi connectivity index (χ4n) is 2.79. The number of ether oxygens (including phenoxy) is 1. The monoisotopic (exact) mass is 253 g/mol. The lowest BCUT2D eigenvalue weighted by molar-refractivity contribution is 0.412. The number of fused-ring (bicyclic) bond motifs is 1. The van der Waals surface area contributed by atoms with Gasteiger partial charge in [-0.15, -0.1) is 0 Å². The first-order valence-electron chi connectivity index (χ1n) is 6.81. The minimum Gasteiger partial charge on any atom is -0.497 e. The van der Waals surface area contributed by atoms with Crippen molar-refractivity contribution in [2.24, 2.45) is 0 Å². The Labute approximate surface area is 114 Å². The molecular formula is C17H19NO. The van der Waals surface area contributed by atoms with Crippen molar-refractivity contribution in [2.45, 2.75) is 18.9 Å². The highest BCUT2D eigenvalue weighted by atomic mass is 16.5. The van der Waals surface area contributed by atoms with Crippen molar-refractivity contribution in [3.63, 3.8) is 0 Å². The van der Waals surface area contributed by atoms with Gasteiger partial charge in [0, 0.05) is 6.04 Å². The molecule has 2 aromatic carbocycles. The summed E-state index contributed by atoms with van der Waals surface area (Å²) >= 11 is 0. The molecule has 0 saturated carbocycles. The van der Waals surface area contributed by atoms with Crippen molar-refractivity contribution in [1.29, 1.82) is 0 Å². The van der Waals surface area contributed by atoms with E-state index < -0.39 is 0 Å². The van der Waals surface area contributed by atoms with Gasteiger partial charge in [-0.3, -0.25) is 0 Å². The molecule has 0 aromatic heterocycles. The molecule has 1 aliphatic rings. The molecule has 1 heterocycles. The quantitative estimate of drug-likeness (QED) is 0.907. The predicted molar refractivity (Wildman–Crippen MR) is 77.6 cm³/mol. The van der Waals surface area contributed by atoms with E-state index in [4.69, 9.17) is 4.74 Å². The van der Waals surface area contributed by atoms with Crippen LogP contribution in [0.1, 0.15) is 22.7 Å². The summed E-state index contributed by atoms with van der Waals surface area (Å²) in [6.45, 7) is 1.04. The molecule has 0 amide bonds. The predicted octanol–water partition coefficient (Wildman–Crippen LogP) is 3.12. The molecule has 2 nitrogen and oxygen atoms in total. The van der Waals surface area contributed by atoms with Crippen molar-refractivity contribution in [2.75, 3.05) is 13.7 Å². The zero-order chi connectivity index (χ0) is 13.1. The number of hydrogen-bond donors (Lipinski definition) is 1. The third-order valence-electron chi connectivity index (χ3n) is 3.79. The van der Waals surface area contributed by atoms with E-state index in [9.17, 15) is 0 Å². The molecule has 98 valence electrons. The standard InChI is InChI=1S/C17H19NO/c1-19-15-7-8-16-14(12-15)9-10-18-17(16)11-13-5-3-2-4-6-13/h2-8,12,17-18H,9-11H2,1H3/t17-/m0/s1. The van der Waals surface area contributed by atoms with Crippen LogP contribution in [0.15, 0.2) is 48.5 Å². The van der Waals surface area contributed by atoms with Crippen LogP contribution in [0, 0.1) is 0 Å². The van der Waals surface area contributed by atoms with E-state index in [1.165, 1.54) is 16.7 Å². The van der Waals surface area contributed by atoms with Gasteiger partial charge in [-0.05, 0) is 48.2 Å². The van der Waals surface area contributed by atoms with Crippen LogP contribution in [-0.2, 0) is 12.8 Å². The highest BCUT2D eigenvalue weighted by molar-refractivity contribution is 5.40. The maximum absolute atomic E-state index is 5.31. The van der Waals surface area contributed by atoms with Crippen LogP contribution < -0.4 is 10.1 Å². The van der Waals surface area contributed by atoms with Gasteiger partial charge in [-0.1, -0.05) is 36.4 Å². The minimum atomic E-state index is 0.414. The van der Waals surface area contributed by atoms with Gasteiger partial charge in [0.1, 0.15) is 5.75 Å². The number of methoxy groups -OCH3 is 1. The summed E-state index contributed by atoms with van der Waals surface area (Å²) in [6, 6.07) is 17.5. The van der Waals surface area contributed by atoms with E-state index in [1.54, 1.807) is 7.11 Å². The van der Waals surface area contributed by atoms with Crippen LogP contribution in [-0.4, -0.2) is 13.7 Å². The van der Waals surface area contributed by atoms with Crippen molar-refractivity contribution in [3.05, 3.63) is 65.2 Å². The average Bonchev–Trinajstić information content (AvgIpc) is 2.48. The fourth-order valence-corrected chi connectivity index (χ4v) is 2.79. The lowest BCUT2D eigenvalue weighted by Gasteiger charge is -2.27.